The zero-order chi connectivity index (χ0) is 16.7. The van der Waals surface area contributed by atoms with E-state index in [9.17, 15) is 4.79 Å². The van der Waals surface area contributed by atoms with Crippen LogP contribution in [0.15, 0.2) is 40.1 Å². The van der Waals surface area contributed by atoms with E-state index in [1.807, 2.05) is 12.3 Å². The van der Waals surface area contributed by atoms with E-state index < -0.39 is 0 Å². The van der Waals surface area contributed by atoms with Crippen LogP contribution in [0.2, 0.25) is 0 Å². The predicted octanol–water partition coefficient (Wildman–Crippen LogP) is 4.23. The van der Waals surface area contributed by atoms with Crippen LogP contribution in [0, 0.1) is 5.41 Å². The third-order valence-corrected chi connectivity index (χ3v) is 6.34. The SMILES string of the molecule is CC1(C)CC(=O)c2c(Sc3ncccn3)sc(-c3cc[nH]n3)c2C1. The molecule has 3 aromatic heterocycles. The van der Waals surface area contributed by atoms with Crippen LogP contribution >= 0.6 is 23.1 Å². The molecule has 1 aliphatic carbocycles. The molecule has 3 aromatic rings. The first-order chi connectivity index (χ1) is 11.5. The van der Waals surface area contributed by atoms with E-state index in [0.717, 1.165) is 32.3 Å². The molecular weight excluding hydrogens is 340 g/mol. The van der Waals surface area contributed by atoms with Crippen LogP contribution in [0.3, 0.4) is 0 Å². The predicted molar refractivity (Wildman–Crippen MR) is 94.5 cm³/mol. The lowest BCUT2D eigenvalue weighted by atomic mass is 9.74. The Bertz CT molecular complexity index is 885. The van der Waals surface area contributed by atoms with Gasteiger partial charge in [0.15, 0.2) is 10.9 Å². The highest BCUT2D eigenvalue weighted by atomic mass is 32.2. The van der Waals surface area contributed by atoms with Crippen molar-refractivity contribution in [1.29, 1.82) is 0 Å². The van der Waals surface area contributed by atoms with E-state index in [1.54, 1.807) is 29.8 Å². The Kier molecular flexibility index (Phi) is 3.77. The third kappa shape index (κ3) is 2.78. The standard InChI is InChI=1S/C17H16N4OS2/c1-17(2)8-10-13(12(22)9-17)15(24-16-18-5-3-6-19-16)23-14(10)11-4-7-20-21-11/h3-7H,8-9H2,1-2H3,(H,20,21). The maximum absolute atomic E-state index is 12.8. The number of carbonyl (C=O) groups excluding carboxylic acids is 1. The number of fused-ring (bicyclic) bond motifs is 1. The van der Waals surface area contributed by atoms with Gasteiger partial charge in [-0.05, 0) is 41.3 Å². The molecule has 122 valence electrons. The van der Waals surface area contributed by atoms with E-state index in [2.05, 4.69) is 34.0 Å². The molecular formula is C17H16N4OS2. The number of rotatable bonds is 3. The van der Waals surface area contributed by atoms with Gasteiger partial charge < -0.3 is 0 Å². The summed E-state index contributed by atoms with van der Waals surface area (Å²) < 4.78 is 0.967. The van der Waals surface area contributed by atoms with Gasteiger partial charge in [-0.25, -0.2) is 9.97 Å². The summed E-state index contributed by atoms with van der Waals surface area (Å²) in [5.41, 5.74) is 2.82. The minimum atomic E-state index is -0.0264. The second-order valence-corrected chi connectivity index (χ2v) is 8.86. The number of hydrogen-bond acceptors (Lipinski definition) is 6. The number of carbonyl (C=O) groups is 1. The van der Waals surface area contributed by atoms with Crippen molar-refractivity contribution in [2.24, 2.45) is 5.41 Å². The van der Waals surface area contributed by atoms with Crippen molar-refractivity contribution in [3.8, 4) is 10.6 Å². The molecule has 0 saturated heterocycles. The molecule has 4 rings (SSSR count). The number of nitrogens with zero attached hydrogens (tertiary/aromatic N) is 3. The highest BCUT2D eigenvalue weighted by Crippen LogP contribution is 2.49. The lowest BCUT2D eigenvalue weighted by molar-refractivity contribution is 0.0910. The van der Waals surface area contributed by atoms with Crippen molar-refractivity contribution in [3.05, 3.63) is 41.9 Å². The molecule has 24 heavy (non-hydrogen) atoms. The minimum Gasteiger partial charge on any atom is -0.294 e. The quantitative estimate of drug-likeness (QED) is 0.711. The van der Waals surface area contributed by atoms with Gasteiger partial charge >= 0.3 is 0 Å². The van der Waals surface area contributed by atoms with Gasteiger partial charge in [-0.1, -0.05) is 13.8 Å². The van der Waals surface area contributed by atoms with Gasteiger partial charge in [0.25, 0.3) is 0 Å². The summed E-state index contributed by atoms with van der Waals surface area (Å²) in [6, 6.07) is 3.74. The lowest BCUT2D eigenvalue weighted by Crippen LogP contribution is -2.26. The Morgan fingerprint density at radius 2 is 2.04 bits per heavy atom. The van der Waals surface area contributed by atoms with E-state index >= 15 is 0 Å². The van der Waals surface area contributed by atoms with Gasteiger partial charge in [0.05, 0.1) is 9.09 Å². The summed E-state index contributed by atoms with van der Waals surface area (Å²) >= 11 is 3.07. The Hall–Kier alpha value is -1.99. The summed E-state index contributed by atoms with van der Waals surface area (Å²) in [5, 5.41) is 7.85. The summed E-state index contributed by atoms with van der Waals surface area (Å²) in [4.78, 5) is 22.4. The molecule has 3 heterocycles. The van der Waals surface area contributed by atoms with Crippen LogP contribution in [0.5, 0.6) is 0 Å². The fourth-order valence-electron chi connectivity index (χ4n) is 3.04. The molecule has 0 aromatic carbocycles. The molecule has 0 spiro atoms. The smallest absolute Gasteiger partial charge is 0.193 e. The molecule has 0 unspecified atom stereocenters. The number of H-pyrrole nitrogens is 1. The Morgan fingerprint density at radius 1 is 1.25 bits per heavy atom. The lowest BCUT2D eigenvalue weighted by Gasteiger charge is -2.29. The molecule has 0 amide bonds. The molecule has 0 bridgehead atoms. The van der Waals surface area contributed by atoms with Gasteiger partial charge in [-0.2, -0.15) is 5.10 Å². The Labute approximate surface area is 147 Å². The molecule has 0 aliphatic heterocycles. The van der Waals surface area contributed by atoms with Crippen molar-refractivity contribution >= 4 is 28.9 Å². The molecule has 0 fully saturated rings. The Balaban J connectivity index is 1.85. The molecule has 7 heteroatoms. The van der Waals surface area contributed by atoms with Crippen LogP contribution < -0.4 is 0 Å². The normalized spacial score (nSPS) is 16.2. The number of Topliss-reactive ketones (excluding diaryl/α,β-unsaturated/α-hetero) is 1. The molecule has 0 atom stereocenters. The molecule has 1 N–H and O–H groups in total. The van der Waals surface area contributed by atoms with E-state index in [0.29, 0.717) is 11.6 Å². The monoisotopic (exact) mass is 356 g/mol. The van der Waals surface area contributed by atoms with Crippen LogP contribution in [0.1, 0.15) is 36.2 Å². The molecule has 0 radical (unpaired) electrons. The van der Waals surface area contributed by atoms with Crippen molar-refractivity contribution < 1.29 is 4.79 Å². The summed E-state index contributed by atoms with van der Waals surface area (Å²) in [7, 11) is 0. The van der Waals surface area contributed by atoms with Crippen molar-refractivity contribution in [3.63, 3.8) is 0 Å². The molecule has 1 aliphatic rings. The Morgan fingerprint density at radius 3 is 2.75 bits per heavy atom. The maximum Gasteiger partial charge on any atom is 0.193 e. The van der Waals surface area contributed by atoms with E-state index in [-0.39, 0.29) is 11.2 Å². The van der Waals surface area contributed by atoms with Crippen molar-refractivity contribution in [1.82, 2.24) is 20.2 Å². The van der Waals surface area contributed by atoms with Crippen LogP contribution in [0.4, 0.5) is 0 Å². The van der Waals surface area contributed by atoms with Gasteiger partial charge in [0, 0.05) is 30.6 Å². The molecule has 0 saturated carbocycles. The number of ketones is 1. The van der Waals surface area contributed by atoms with Gasteiger partial charge in [-0.15, -0.1) is 11.3 Å². The first-order valence-corrected chi connectivity index (χ1v) is 9.31. The largest absolute Gasteiger partial charge is 0.294 e. The van der Waals surface area contributed by atoms with Crippen molar-refractivity contribution in [2.45, 2.75) is 36.1 Å². The highest BCUT2D eigenvalue weighted by molar-refractivity contribution is 8.01. The fraction of sp³-hybridized carbons (Fsp3) is 0.294. The van der Waals surface area contributed by atoms with Crippen molar-refractivity contribution in [2.75, 3.05) is 0 Å². The summed E-state index contributed by atoms with van der Waals surface area (Å²) in [6.45, 7) is 4.29. The van der Waals surface area contributed by atoms with Gasteiger partial charge in [0.1, 0.15) is 5.69 Å². The minimum absolute atomic E-state index is 0.0264. The first-order valence-electron chi connectivity index (χ1n) is 7.67. The number of aromatic amines is 1. The topological polar surface area (TPSA) is 71.5 Å². The average Bonchev–Trinajstić information content (AvgIpc) is 3.15. The van der Waals surface area contributed by atoms with E-state index in [1.165, 1.54) is 11.8 Å². The second-order valence-electron chi connectivity index (χ2n) is 6.61. The van der Waals surface area contributed by atoms with Crippen LogP contribution in [0.25, 0.3) is 10.6 Å². The summed E-state index contributed by atoms with van der Waals surface area (Å²) in [5.74, 6) is 0.206. The number of nitrogens with one attached hydrogen (secondary N) is 1. The maximum atomic E-state index is 12.8. The van der Waals surface area contributed by atoms with E-state index in [4.69, 9.17) is 0 Å². The highest BCUT2D eigenvalue weighted by Gasteiger charge is 2.37. The average molecular weight is 356 g/mol. The van der Waals surface area contributed by atoms with Gasteiger partial charge in [0.2, 0.25) is 0 Å². The fourth-order valence-corrected chi connectivity index (χ4v) is 5.46. The zero-order valence-electron chi connectivity index (χ0n) is 13.4. The zero-order valence-corrected chi connectivity index (χ0v) is 15.0. The molecule has 5 nitrogen and oxygen atoms in total. The second kappa shape index (κ2) is 5.82. The summed E-state index contributed by atoms with van der Waals surface area (Å²) in [6.07, 6.45) is 6.69. The third-order valence-electron chi connectivity index (χ3n) is 4.01. The number of thiophene rings is 1. The first kappa shape index (κ1) is 15.5. The number of hydrogen-bond donors (Lipinski definition) is 1. The number of aromatic nitrogens is 4. The van der Waals surface area contributed by atoms with Crippen LogP contribution in [-0.2, 0) is 6.42 Å². The van der Waals surface area contributed by atoms with Gasteiger partial charge in [-0.3, -0.25) is 9.89 Å². The van der Waals surface area contributed by atoms with Crippen LogP contribution in [-0.4, -0.2) is 25.9 Å².